The molecule has 1 aromatic heterocycles. The van der Waals surface area contributed by atoms with Gasteiger partial charge in [-0.25, -0.2) is 0 Å². The SMILES string of the molecule is COc1ccc2c(=O)cc(CC(=O)c3ccccc3)oc2c1Cl. The molecule has 0 aliphatic rings. The van der Waals surface area contributed by atoms with E-state index < -0.39 is 0 Å². The molecule has 0 aliphatic heterocycles. The summed E-state index contributed by atoms with van der Waals surface area (Å²) in [4.78, 5) is 24.4. The van der Waals surface area contributed by atoms with E-state index in [1.807, 2.05) is 6.07 Å². The lowest BCUT2D eigenvalue weighted by molar-refractivity contribution is 0.0987. The van der Waals surface area contributed by atoms with E-state index in [4.69, 9.17) is 20.8 Å². The van der Waals surface area contributed by atoms with Crippen LogP contribution in [0.2, 0.25) is 5.02 Å². The third-order valence-corrected chi connectivity index (χ3v) is 3.86. The minimum atomic E-state index is -0.244. The minimum absolute atomic E-state index is 0.0112. The third kappa shape index (κ3) is 2.98. The first-order chi connectivity index (χ1) is 11.1. The van der Waals surface area contributed by atoms with E-state index in [9.17, 15) is 9.59 Å². The van der Waals surface area contributed by atoms with Crippen LogP contribution in [0.3, 0.4) is 0 Å². The Balaban J connectivity index is 2.04. The highest BCUT2D eigenvalue weighted by Gasteiger charge is 2.15. The fraction of sp³-hybridized carbons (Fsp3) is 0.111. The van der Waals surface area contributed by atoms with E-state index in [2.05, 4.69) is 0 Å². The minimum Gasteiger partial charge on any atom is -0.495 e. The molecule has 0 atom stereocenters. The van der Waals surface area contributed by atoms with Gasteiger partial charge in [0.25, 0.3) is 0 Å². The van der Waals surface area contributed by atoms with Crippen molar-refractivity contribution in [3.05, 3.63) is 75.1 Å². The topological polar surface area (TPSA) is 56.5 Å². The number of carbonyl (C=O) groups is 1. The second kappa shape index (κ2) is 6.26. The smallest absolute Gasteiger partial charge is 0.193 e. The normalized spacial score (nSPS) is 10.7. The summed E-state index contributed by atoms with van der Waals surface area (Å²) in [6, 6.07) is 13.4. The zero-order valence-electron chi connectivity index (χ0n) is 12.3. The first kappa shape index (κ1) is 15.3. The number of fused-ring (bicyclic) bond motifs is 1. The number of rotatable bonds is 4. The van der Waals surface area contributed by atoms with E-state index in [1.54, 1.807) is 36.4 Å². The number of ketones is 1. The number of benzene rings is 2. The molecule has 0 spiro atoms. The Morgan fingerprint density at radius 1 is 1.17 bits per heavy atom. The average molecular weight is 329 g/mol. The first-order valence-corrected chi connectivity index (χ1v) is 7.35. The van der Waals surface area contributed by atoms with Crippen LogP contribution in [0.5, 0.6) is 5.75 Å². The van der Waals surface area contributed by atoms with Gasteiger partial charge in [0.15, 0.2) is 16.8 Å². The highest BCUT2D eigenvalue weighted by molar-refractivity contribution is 6.36. The highest BCUT2D eigenvalue weighted by Crippen LogP contribution is 2.31. The zero-order valence-corrected chi connectivity index (χ0v) is 13.1. The van der Waals surface area contributed by atoms with Crippen LogP contribution in [0.15, 0.2) is 57.7 Å². The van der Waals surface area contributed by atoms with Crippen molar-refractivity contribution in [1.29, 1.82) is 0 Å². The maximum atomic E-state index is 12.2. The number of hydrogen-bond acceptors (Lipinski definition) is 4. The van der Waals surface area contributed by atoms with Crippen LogP contribution in [0.4, 0.5) is 0 Å². The van der Waals surface area contributed by atoms with Crippen LogP contribution < -0.4 is 10.2 Å². The van der Waals surface area contributed by atoms with E-state index in [0.717, 1.165) is 0 Å². The lowest BCUT2D eigenvalue weighted by Crippen LogP contribution is -2.08. The summed E-state index contributed by atoms with van der Waals surface area (Å²) in [5.41, 5.74) is 0.549. The number of hydrogen-bond donors (Lipinski definition) is 0. The van der Waals surface area contributed by atoms with Gasteiger partial charge in [-0.2, -0.15) is 0 Å². The summed E-state index contributed by atoms with van der Waals surface area (Å²) in [5, 5.41) is 0.572. The Labute approximate surface area is 137 Å². The van der Waals surface area contributed by atoms with Crippen LogP contribution >= 0.6 is 11.6 Å². The van der Waals surface area contributed by atoms with Crippen molar-refractivity contribution < 1.29 is 13.9 Å². The quantitative estimate of drug-likeness (QED) is 0.682. The molecule has 5 heteroatoms. The van der Waals surface area contributed by atoms with Crippen LogP contribution in [-0.4, -0.2) is 12.9 Å². The Morgan fingerprint density at radius 3 is 2.61 bits per heavy atom. The number of carbonyl (C=O) groups excluding carboxylic acids is 1. The van der Waals surface area contributed by atoms with Crippen LogP contribution in [0.1, 0.15) is 16.1 Å². The number of Topliss-reactive ketones (excluding diaryl/α,β-unsaturated/α-hetero) is 1. The summed E-state index contributed by atoms with van der Waals surface area (Å²) in [6.45, 7) is 0. The molecule has 116 valence electrons. The predicted octanol–water partition coefficient (Wildman–Crippen LogP) is 3.88. The Morgan fingerprint density at radius 2 is 1.91 bits per heavy atom. The second-order valence-electron chi connectivity index (χ2n) is 5.00. The molecule has 0 unspecified atom stereocenters. The molecular weight excluding hydrogens is 316 g/mol. The molecule has 4 nitrogen and oxygen atoms in total. The van der Waals surface area contributed by atoms with E-state index in [1.165, 1.54) is 13.2 Å². The van der Waals surface area contributed by atoms with Gasteiger partial charge in [0.1, 0.15) is 16.5 Å². The molecule has 0 amide bonds. The lowest BCUT2D eigenvalue weighted by Gasteiger charge is -2.07. The van der Waals surface area contributed by atoms with Crippen molar-refractivity contribution in [3.8, 4) is 5.75 Å². The van der Waals surface area contributed by atoms with Crippen molar-refractivity contribution in [3.63, 3.8) is 0 Å². The fourth-order valence-corrected chi connectivity index (χ4v) is 2.63. The van der Waals surface area contributed by atoms with Crippen molar-refractivity contribution in [2.45, 2.75) is 6.42 Å². The molecule has 0 bridgehead atoms. The van der Waals surface area contributed by atoms with Crippen LogP contribution in [0, 0.1) is 0 Å². The first-order valence-electron chi connectivity index (χ1n) is 6.97. The molecule has 0 fully saturated rings. The largest absolute Gasteiger partial charge is 0.495 e. The molecule has 0 saturated carbocycles. The van der Waals surface area contributed by atoms with E-state index in [-0.39, 0.29) is 34.0 Å². The molecule has 3 aromatic rings. The van der Waals surface area contributed by atoms with Gasteiger partial charge >= 0.3 is 0 Å². The number of ether oxygens (including phenoxy) is 1. The Hall–Kier alpha value is -2.59. The Bertz CT molecular complexity index is 929. The highest BCUT2D eigenvalue weighted by atomic mass is 35.5. The van der Waals surface area contributed by atoms with Gasteiger partial charge in [-0.3, -0.25) is 9.59 Å². The molecule has 0 aliphatic carbocycles. The van der Waals surface area contributed by atoms with Crippen molar-refractivity contribution in [1.82, 2.24) is 0 Å². The van der Waals surface area contributed by atoms with Gasteiger partial charge < -0.3 is 9.15 Å². The molecular formula is C18H13ClO4. The van der Waals surface area contributed by atoms with Crippen molar-refractivity contribution >= 4 is 28.4 Å². The maximum Gasteiger partial charge on any atom is 0.193 e. The van der Waals surface area contributed by atoms with Crippen molar-refractivity contribution in [2.75, 3.05) is 7.11 Å². The van der Waals surface area contributed by atoms with Gasteiger partial charge in [0.2, 0.25) is 0 Å². The van der Waals surface area contributed by atoms with Crippen LogP contribution in [-0.2, 0) is 6.42 Å². The summed E-state index contributed by atoms with van der Waals surface area (Å²) in [7, 11) is 1.48. The summed E-state index contributed by atoms with van der Waals surface area (Å²) < 4.78 is 10.8. The number of halogens is 1. The molecule has 23 heavy (non-hydrogen) atoms. The molecule has 0 radical (unpaired) electrons. The van der Waals surface area contributed by atoms with Crippen LogP contribution in [0.25, 0.3) is 11.0 Å². The molecule has 3 rings (SSSR count). The molecule has 2 aromatic carbocycles. The lowest BCUT2D eigenvalue weighted by atomic mass is 10.1. The second-order valence-corrected chi connectivity index (χ2v) is 5.38. The maximum absolute atomic E-state index is 12.2. The van der Waals surface area contributed by atoms with Gasteiger partial charge in [-0.1, -0.05) is 41.9 Å². The van der Waals surface area contributed by atoms with Gasteiger partial charge in [-0.15, -0.1) is 0 Å². The summed E-state index contributed by atoms with van der Waals surface area (Å²) in [5.74, 6) is 0.549. The molecule has 0 N–H and O–H groups in total. The van der Waals surface area contributed by atoms with Crippen molar-refractivity contribution in [2.24, 2.45) is 0 Å². The standard InChI is InChI=1S/C18H13ClO4/c1-22-16-8-7-13-15(21)10-12(23-18(13)17(16)19)9-14(20)11-5-3-2-4-6-11/h2-8,10H,9H2,1H3. The number of methoxy groups -OCH3 is 1. The zero-order chi connectivity index (χ0) is 16.4. The summed E-state index contributed by atoms with van der Waals surface area (Å²) in [6.07, 6.45) is -0.0112. The molecule has 1 heterocycles. The molecule has 0 saturated heterocycles. The van der Waals surface area contributed by atoms with E-state index in [0.29, 0.717) is 16.7 Å². The predicted molar refractivity (Wildman–Crippen MR) is 88.5 cm³/mol. The third-order valence-electron chi connectivity index (χ3n) is 3.50. The monoisotopic (exact) mass is 328 g/mol. The Kier molecular flexibility index (Phi) is 4.17. The van der Waals surface area contributed by atoms with E-state index >= 15 is 0 Å². The summed E-state index contributed by atoms with van der Waals surface area (Å²) >= 11 is 6.20. The van der Waals surface area contributed by atoms with Gasteiger partial charge in [-0.05, 0) is 12.1 Å². The van der Waals surface area contributed by atoms with Gasteiger partial charge in [0.05, 0.1) is 18.9 Å². The average Bonchev–Trinajstić information content (AvgIpc) is 2.56. The van der Waals surface area contributed by atoms with Gasteiger partial charge in [0, 0.05) is 11.6 Å². The fourth-order valence-electron chi connectivity index (χ4n) is 2.35.